The van der Waals surface area contributed by atoms with Crippen molar-refractivity contribution >= 4 is 16.9 Å². The number of hydrogen-bond acceptors (Lipinski definition) is 3. The van der Waals surface area contributed by atoms with Crippen molar-refractivity contribution in [3.8, 4) is 22.9 Å². The number of primary amides is 1. The number of carbonyl (C=O) groups excluding carboxylic acids is 1. The van der Waals surface area contributed by atoms with Crippen LogP contribution in [-0.4, -0.2) is 15.9 Å². The van der Waals surface area contributed by atoms with Crippen LogP contribution in [0.15, 0.2) is 60.7 Å². The molecule has 0 bridgehead atoms. The van der Waals surface area contributed by atoms with Gasteiger partial charge in [-0.05, 0) is 79.6 Å². The van der Waals surface area contributed by atoms with Gasteiger partial charge in [-0.1, -0.05) is 6.07 Å². The molecule has 3 N–H and O–H groups in total. The molecule has 0 aliphatic heterocycles. The minimum Gasteiger partial charge on any atom is -0.457 e. The summed E-state index contributed by atoms with van der Waals surface area (Å²) in [6.07, 6.45) is 0. The van der Waals surface area contributed by atoms with E-state index in [2.05, 4.69) is 23.8 Å². The molecule has 27 heavy (non-hydrogen) atoms. The Morgan fingerprint density at radius 1 is 0.926 bits per heavy atom. The van der Waals surface area contributed by atoms with Crippen molar-refractivity contribution in [3.63, 3.8) is 0 Å². The van der Waals surface area contributed by atoms with Crippen molar-refractivity contribution in [3.05, 3.63) is 77.4 Å². The highest BCUT2D eigenvalue weighted by Gasteiger charge is 2.08. The third-order valence-corrected chi connectivity index (χ3v) is 4.61. The van der Waals surface area contributed by atoms with E-state index >= 15 is 0 Å². The highest BCUT2D eigenvalue weighted by molar-refractivity contribution is 5.96. The Balaban J connectivity index is 1.59. The molecule has 134 valence electrons. The fourth-order valence-corrected chi connectivity index (χ4v) is 2.89. The van der Waals surface area contributed by atoms with E-state index in [9.17, 15) is 4.79 Å². The van der Waals surface area contributed by atoms with Gasteiger partial charge in [0.05, 0.1) is 11.0 Å². The van der Waals surface area contributed by atoms with Gasteiger partial charge < -0.3 is 15.5 Å². The Morgan fingerprint density at radius 2 is 1.67 bits per heavy atom. The zero-order chi connectivity index (χ0) is 19.0. The van der Waals surface area contributed by atoms with E-state index in [4.69, 9.17) is 10.5 Å². The molecule has 5 nitrogen and oxygen atoms in total. The number of benzene rings is 3. The first-order chi connectivity index (χ1) is 13.0. The normalized spacial score (nSPS) is 10.9. The lowest BCUT2D eigenvalue weighted by Crippen LogP contribution is -2.10. The molecule has 0 atom stereocenters. The van der Waals surface area contributed by atoms with Gasteiger partial charge in [0, 0.05) is 11.1 Å². The number of aromatic nitrogens is 2. The number of nitrogens with zero attached hydrogens (tertiary/aromatic N) is 1. The first-order valence-corrected chi connectivity index (χ1v) is 8.65. The van der Waals surface area contributed by atoms with Crippen LogP contribution < -0.4 is 10.5 Å². The van der Waals surface area contributed by atoms with Gasteiger partial charge in [0.15, 0.2) is 0 Å². The Labute approximate surface area is 156 Å². The standard InChI is InChI=1S/C22H19N3O2/c1-13-3-7-18(11-14(13)2)27-17-8-4-15(5-9-17)22-24-19-10-6-16(21(23)26)12-20(19)25-22/h3-12H,1-2H3,(H2,23,26)(H,24,25). The minimum absolute atomic E-state index is 0.454. The van der Waals surface area contributed by atoms with Crippen LogP contribution in [0.4, 0.5) is 0 Å². The van der Waals surface area contributed by atoms with E-state index in [1.165, 1.54) is 11.1 Å². The summed E-state index contributed by atoms with van der Waals surface area (Å²) in [7, 11) is 0. The summed E-state index contributed by atoms with van der Waals surface area (Å²) in [5.74, 6) is 1.84. The fourth-order valence-electron chi connectivity index (χ4n) is 2.89. The van der Waals surface area contributed by atoms with Crippen LogP contribution in [0, 0.1) is 13.8 Å². The van der Waals surface area contributed by atoms with Gasteiger partial charge in [-0.3, -0.25) is 4.79 Å². The Hall–Kier alpha value is -3.60. The van der Waals surface area contributed by atoms with Crippen molar-refractivity contribution in [1.29, 1.82) is 0 Å². The van der Waals surface area contributed by atoms with E-state index < -0.39 is 5.91 Å². The van der Waals surface area contributed by atoms with Crippen LogP contribution in [0.2, 0.25) is 0 Å². The summed E-state index contributed by atoms with van der Waals surface area (Å²) in [5.41, 5.74) is 10.7. The van der Waals surface area contributed by atoms with Crippen LogP contribution in [0.5, 0.6) is 11.5 Å². The summed E-state index contributed by atoms with van der Waals surface area (Å²) >= 11 is 0. The second kappa shape index (κ2) is 6.61. The molecule has 0 spiro atoms. The monoisotopic (exact) mass is 357 g/mol. The van der Waals surface area contributed by atoms with Gasteiger partial charge in [-0.15, -0.1) is 0 Å². The summed E-state index contributed by atoms with van der Waals surface area (Å²) in [4.78, 5) is 19.1. The van der Waals surface area contributed by atoms with Gasteiger partial charge in [-0.2, -0.15) is 0 Å². The number of nitrogens with one attached hydrogen (secondary N) is 1. The number of ether oxygens (including phenoxy) is 1. The molecule has 0 saturated carbocycles. The molecule has 0 aliphatic rings. The number of amides is 1. The largest absolute Gasteiger partial charge is 0.457 e. The number of fused-ring (bicyclic) bond motifs is 1. The maximum Gasteiger partial charge on any atom is 0.248 e. The van der Waals surface area contributed by atoms with Gasteiger partial charge in [-0.25, -0.2) is 4.98 Å². The second-order valence-electron chi connectivity index (χ2n) is 6.55. The summed E-state index contributed by atoms with van der Waals surface area (Å²) in [6.45, 7) is 4.14. The molecule has 0 aliphatic carbocycles. The molecule has 1 heterocycles. The third kappa shape index (κ3) is 3.40. The average molecular weight is 357 g/mol. The van der Waals surface area contributed by atoms with Crippen LogP contribution in [0.3, 0.4) is 0 Å². The SMILES string of the molecule is Cc1ccc(Oc2ccc(-c3nc4ccc(C(N)=O)cc4[nH]3)cc2)cc1C. The number of hydrogen-bond donors (Lipinski definition) is 2. The molecular formula is C22H19N3O2. The molecule has 0 radical (unpaired) electrons. The molecule has 0 saturated heterocycles. The maximum atomic E-state index is 11.3. The van der Waals surface area contributed by atoms with Crippen molar-refractivity contribution < 1.29 is 9.53 Å². The lowest BCUT2D eigenvalue weighted by atomic mass is 10.1. The van der Waals surface area contributed by atoms with Crippen molar-refractivity contribution in [1.82, 2.24) is 9.97 Å². The predicted molar refractivity (Wildman–Crippen MR) is 106 cm³/mol. The van der Waals surface area contributed by atoms with E-state index in [1.807, 2.05) is 42.5 Å². The third-order valence-electron chi connectivity index (χ3n) is 4.61. The molecule has 0 fully saturated rings. The van der Waals surface area contributed by atoms with Gasteiger partial charge in [0.2, 0.25) is 5.91 Å². The number of rotatable bonds is 4. The quantitative estimate of drug-likeness (QED) is 0.553. The topological polar surface area (TPSA) is 81.0 Å². The molecule has 1 amide bonds. The van der Waals surface area contributed by atoms with Gasteiger partial charge in [0.1, 0.15) is 17.3 Å². The number of aryl methyl sites for hydroxylation is 2. The molecule has 5 heteroatoms. The van der Waals surface area contributed by atoms with E-state index in [-0.39, 0.29) is 0 Å². The van der Waals surface area contributed by atoms with Gasteiger partial charge in [0.25, 0.3) is 0 Å². The average Bonchev–Trinajstić information content (AvgIpc) is 3.08. The van der Waals surface area contributed by atoms with Crippen LogP contribution in [0.25, 0.3) is 22.4 Å². The molecular weight excluding hydrogens is 338 g/mol. The Morgan fingerprint density at radius 3 is 2.37 bits per heavy atom. The van der Waals surface area contributed by atoms with Gasteiger partial charge >= 0.3 is 0 Å². The maximum absolute atomic E-state index is 11.3. The Bertz CT molecular complexity index is 1140. The second-order valence-corrected chi connectivity index (χ2v) is 6.55. The summed E-state index contributed by atoms with van der Waals surface area (Å²) in [5, 5.41) is 0. The highest BCUT2D eigenvalue weighted by Crippen LogP contribution is 2.27. The molecule has 4 rings (SSSR count). The van der Waals surface area contributed by atoms with Crippen molar-refractivity contribution in [2.24, 2.45) is 5.73 Å². The molecule has 4 aromatic rings. The number of imidazole rings is 1. The van der Waals surface area contributed by atoms with E-state index in [0.29, 0.717) is 5.56 Å². The highest BCUT2D eigenvalue weighted by atomic mass is 16.5. The van der Waals surface area contributed by atoms with Crippen LogP contribution in [-0.2, 0) is 0 Å². The molecule has 3 aromatic carbocycles. The molecule has 1 aromatic heterocycles. The predicted octanol–water partition coefficient (Wildman–Crippen LogP) is 4.74. The minimum atomic E-state index is -0.458. The number of H-pyrrole nitrogens is 1. The molecule has 0 unspecified atom stereocenters. The first-order valence-electron chi connectivity index (χ1n) is 8.65. The van der Waals surface area contributed by atoms with E-state index in [1.54, 1.807) is 18.2 Å². The summed E-state index contributed by atoms with van der Waals surface area (Å²) < 4.78 is 5.92. The van der Waals surface area contributed by atoms with Crippen molar-refractivity contribution in [2.75, 3.05) is 0 Å². The number of carbonyl (C=O) groups is 1. The van der Waals surface area contributed by atoms with Crippen LogP contribution >= 0.6 is 0 Å². The lowest BCUT2D eigenvalue weighted by Gasteiger charge is -2.08. The fraction of sp³-hybridized carbons (Fsp3) is 0.0909. The number of nitrogens with two attached hydrogens (primary N) is 1. The van der Waals surface area contributed by atoms with Crippen molar-refractivity contribution in [2.45, 2.75) is 13.8 Å². The Kier molecular flexibility index (Phi) is 4.12. The van der Waals surface area contributed by atoms with Crippen LogP contribution in [0.1, 0.15) is 21.5 Å². The zero-order valence-corrected chi connectivity index (χ0v) is 15.1. The first kappa shape index (κ1) is 16.8. The zero-order valence-electron chi connectivity index (χ0n) is 15.1. The number of aromatic amines is 1. The smallest absolute Gasteiger partial charge is 0.248 e. The summed E-state index contributed by atoms with van der Waals surface area (Å²) in [6, 6.07) is 18.9. The lowest BCUT2D eigenvalue weighted by molar-refractivity contribution is 0.100. The van der Waals surface area contributed by atoms with E-state index in [0.717, 1.165) is 33.9 Å².